The van der Waals surface area contributed by atoms with Gasteiger partial charge >= 0.3 is 0 Å². The van der Waals surface area contributed by atoms with Crippen LogP contribution in [0.15, 0.2) is 48.5 Å². The van der Waals surface area contributed by atoms with Crippen molar-refractivity contribution in [3.8, 4) is 5.75 Å². The number of carbonyl (C=O) groups excluding carboxylic acids is 2. The number of methoxy groups -OCH3 is 1. The molecule has 1 N–H and O–H groups in total. The lowest BCUT2D eigenvalue weighted by Gasteiger charge is -2.33. The van der Waals surface area contributed by atoms with Crippen LogP contribution in [0.2, 0.25) is 0 Å². The minimum atomic E-state index is -3.75. The summed E-state index contributed by atoms with van der Waals surface area (Å²) in [6.45, 7) is 7.48. The first-order valence-electron chi connectivity index (χ1n) is 12.3. The van der Waals surface area contributed by atoms with Crippen LogP contribution < -0.4 is 14.4 Å². The molecule has 2 amide bonds. The van der Waals surface area contributed by atoms with Gasteiger partial charge in [0.15, 0.2) is 0 Å². The average Bonchev–Trinajstić information content (AvgIpc) is 2.86. The molecule has 0 saturated heterocycles. The molecule has 198 valence electrons. The highest BCUT2D eigenvalue weighted by atomic mass is 32.2. The van der Waals surface area contributed by atoms with Crippen molar-refractivity contribution in [2.75, 3.05) is 24.2 Å². The summed E-state index contributed by atoms with van der Waals surface area (Å²) in [6, 6.07) is 13.5. The van der Waals surface area contributed by atoms with E-state index in [4.69, 9.17) is 4.74 Å². The van der Waals surface area contributed by atoms with Gasteiger partial charge in [-0.05, 0) is 61.6 Å². The van der Waals surface area contributed by atoms with Crippen molar-refractivity contribution in [2.24, 2.45) is 0 Å². The molecule has 0 aromatic heterocycles. The van der Waals surface area contributed by atoms with E-state index in [1.54, 1.807) is 31.4 Å². The van der Waals surface area contributed by atoms with E-state index >= 15 is 0 Å². The smallest absolute Gasteiger partial charge is 0.244 e. The first kappa shape index (κ1) is 29.2. The number of sulfonamides is 1. The van der Waals surface area contributed by atoms with Crippen LogP contribution in [0, 0.1) is 0 Å². The number of nitrogens with one attached hydrogen (secondary N) is 1. The highest BCUT2D eigenvalue weighted by molar-refractivity contribution is 7.92. The van der Waals surface area contributed by atoms with Gasteiger partial charge < -0.3 is 15.0 Å². The van der Waals surface area contributed by atoms with Crippen molar-refractivity contribution in [3.05, 3.63) is 59.7 Å². The molecule has 0 aliphatic carbocycles. The number of nitrogens with zero attached hydrogens (tertiary/aromatic N) is 2. The molecule has 0 aliphatic heterocycles. The molecule has 0 aliphatic rings. The Kier molecular flexibility index (Phi) is 10.8. The average molecular weight is 518 g/mol. The van der Waals surface area contributed by atoms with Gasteiger partial charge in [0.2, 0.25) is 21.8 Å². The van der Waals surface area contributed by atoms with Crippen molar-refractivity contribution in [3.63, 3.8) is 0 Å². The third kappa shape index (κ3) is 7.98. The molecule has 2 aromatic carbocycles. The summed E-state index contributed by atoms with van der Waals surface area (Å²) >= 11 is 0. The minimum Gasteiger partial charge on any atom is -0.497 e. The van der Waals surface area contributed by atoms with Gasteiger partial charge in [0.25, 0.3) is 0 Å². The summed E-state index contributed by atoms with van der Waals surface area (Å²) in [5.74, 6) is -0.0363. The van der Waals surface area contributed by atoms with Gasteiger partial charge in [-0.15, -0.1) is 0 Å². The second kappa shape index (κ2) is 13.3. The van der Waals surface area contributed by atoms with Crippen LogP contribution in [0.25, 0.3) is 0 Å². The van der Waals surface area contributed by atoms with Crippen molar-refractivity contribution in [1.29, 1.82) is 0 Å². The Morgan fingerprint density at radius 2 is 1.53 bits per heavy atom. The zero-order valence-corrected chi connectivity index (χ0v) is 23.0. The van der Waals surface area contributed by atoms with Crippen LogP contribution in [-0.2, 0) is 32.6 Å². The number of amides is 2. The highest BCUT2D eigenvalue weighted by Crippen LogP contribution is 2.21. The monoisotopic (exact) mass is 517 g/mol. The lowest BCUT2D eigenvalue weighted by Crippen LogP contribution is -2.53. The fourth-order valence-electron chi connectivity index (χ4n) is 3.80. The predicted molar refractivity (Wildman–Crippen MR) is 144 cm³/mol. The van der Waals surface area contributed by atoms with Crippen LogP contribution in [0.4, 0.5) is 5.69 Å². The van der Waals surface area contributed by atoms with Crippen LogP contribution in [0.5, 0.6) is 5.75 Å². The van der Waals surface area contributed by atoms with Crippen LogP contribution in [0.3, 0.4) is 0 Å². The third-order valence-corrected chi connectivity index (χ3v) is 7.35. The molecular formula is C27H39N3O5S. The van der Waals surface area contributed by atoms with Gasteiger partial charge in [0, 0.05) is 12.6 Å². The molecule has 0 bridgehead atoms. The number of rotatable bonds is 13. The molecule has 0 fully saturated rings. The number of ether oxygens (including phenoxy) is 1. The Morgan fingerprint density at radius 1 is 0.944 bits per heavy atom. The van der Waals surface area contributed by atoms with Crippen molar-refractivity contribution < 1.29 is 22.7 Å². The molecule has 8 nitrogen and oxygen atoms in total. The maximum absolute atomic E-state index is 13.7. The summed E-state index contributed by atoms with van der Waals surface area (Å²) in [4.78, 5) is 28.3. The van der Waals surface area contributed by atoms with E-state index in [0.29, 0.717) is 17.9 Å². The molecule has 2 aromatic rings. The van der Waals surface area contributed by atoms with E-state index in [1.165, 1.54) is 4.90 Å². The molecular weight excluding hydrogens is 478 g/mol. The minimum absolute atomic E-state index is 0.0471. The Bertz CT molecular complexity index is 1100. The van der Waals surface area contributed by atoms with Gasteiger partial charge in [-0.25, -0.2) is 8.42 Å². The predicted octanol–water partition coefficient (Wildman–Crippen LogP) is 3.75. The standard InChI is InChI=1S/C27H39N3O5S/c1-7-20(4)28-27(32)25(9-3)29(18-22-12-16-24(35-5)17-13-22)26(31)19-30(36(6,33)34)23-14-10-21(8-2)11-15-23/h10-17,20,25H,7-9,18-19H2,1-6H3,(H,28,32)/t20-,25+/m0/s1. The highest BCUT2D eigenvalue weighted by Gasteiger charge is 2.32. The summed E-state index contributed by atoms with van der Waals surface area (Å²) in [5.41, 5.74) is 2.27. The van der Waals surface area contributed by atoms with Crippen molar-refractivity contribution in [1.82, 2.24) is 10.2 Å². The number of hydrogen-bond acceptors (Lipinski definition) is 5. The molecule has 0 saturated carbocycles. The van der Waals surface area contributed by atoms with Crippen LogP contribution in [0.1, 0.15) is 51.7 Å². The van der Waals surface area contributed by atoms with Crippen LogP contribution in [-0.4, -0.2) is 57.1 Å². The molecule has 0 spiro atoms. The Balaban J connectivity index is 2.42. The topological polar surface area (TPSA) is 96.0 Å². The van der Waals surface area contributed by atoms with Crippen molar-refractivity contribution >= 4 is 27.5 Å². The van der Waals surface area contributed by atoms with E-state index in [0.717, 1.165) is 34.5 Å². The molecule has 2 rings (SSSR count). The summed E-state index contributed by atoms with van der Waals surface area (Å²) in [6.07, 6.45) is 3.03. The molecule has 0 radical (unpaired) electrons. The van der Waals surface area contributed by atoms with Crippen LogP contribution >= 0.6 is 0 Å². The van der Waals surface area contributed by atoms with Gasteiger partial charge in [-0.1, -0.05) is 45.0 Å². The van der Waals surface area contributed by atoms with E-state index < -0.39 is 28.5 Å². The number of benzene rings is 2. The van der Waals surface area contributed by atoms with Gasteiger partial charge in [-0.3, -0.25) is 13.9 Å². The van der Waals surface area contributed by atoms with E-state index in [9.17, 15) is 18.0 Å². The number of aryl methyl sites for hydroxylation is 1. The van der Waals surface area contributed by atoms with E-state index in [1.807, 2.05) is 52.0 Å². The first-order valence-corrected chi connectivity index (χ1v) is 14.2. The lowest BCUT2D eigenvalue weighted by atomic mass is 10.1. The molecule has 2 atom stereocenters. The normalized spacial score (nSPS) is 12.9. The maximum atomic E-state index is 13.7. The number of hydrogen-bond donors (Lipinski definition) is 1. The number of carbonyl (C=O) groups is 2. The quantitative estimate of drug-likeness (QED) is 0.437. The van der Waals surface area contributed by atoms with Crippen molar-refractivity contribution in [2.45, 2.75) is 65.6 Å². The summed E-state index contributed by atoms with van der Waals surface area (Å²) in [7, 11) is -2.18. The molecule has 36 heavy (non-hydrogen) atoms. The van der Waals surface area contributed by atoms with Gasteiger partial charge in [0.1, 0.15) is 18.3 Å². The summed E-state index contributed by atoms with van der Waals surface area (Å²) in [5, 5.41) is 2.96. The zero-order valence-electron chi connectivity index (χ0n) is 22.2. The Hall–Kier alpha value is -3.07. The SMILES string of the molecule is CCc1ccc(N(CC(=O)N(Cc2ccc(OC)cc2)[C@H](CC)C(=O)N[C@@H](C)CC)S(C)(=O)=O)cc1. The molecule has 9 heteroatoms. The fraction of sp³-hybridized carbons (Fsp3) is 0.481. The second-order valence-corrected chi connectivity index (χ2v) is 10.8. The summed E-state index contributed by atoms with van der Waals surface area (Å²) < 4.78 is 31.7. The molecule has 0 unspecified atom stereocenters. The van der Waals surface area contributed by atoms with Gasteiger partial charge in [-0.2, -0.15) is 0 Å². The van der Waals surface area contributed by atoms with E-state index in [-0.39, 0.29) is 18.5 Å². The Morgan fingerprint density at radius 3 is 2.00 bits per heavy atom. The Labute approximate surface area is 215 Å². The maximum Gasteiger partial charge on any atom is 0.244 e. The second-order valence-electron chi connectivity index (χ2n) is 8.90. The fourth-order valence-corrected chi connectivity index (χ4v) is 4.65. The number of anilines is 1. The largest absolute Gasteiger partial charge is 0.497 e. The zero-order chi connectivity index (χ0) is 26.9. The third-order valence-electron chi connectivity index (χ3n) is 6.21. The van der Waals surface area contributed by atoms with Gasteiger partial charge in [0.05, 0.1) is 19.1 Å². The van der Waals surface area contributed by atoms with E-state index in [2.05, 4.69) is 5.32 Å². The lowest BCUT2D eigenvalue weighted by molar-refractivity contribution is -0.140. The molecule has 0 heterocycles. The first-order chi connectivity index (χ1) is 17.0.